The molecule has 1 heterocycles. The molecule has 2 nitrogen and oxygen atoms in total. The van der Waals surface area contributed by atoms with E-state index in [1.54, 1.807) is 0 Å². The average molecular weight is 182 g/mol. The van der Waals surface area contributed by atoms with Crippen LogP contribution in [0.4, 0.5) is 0 Å². The first-order chi connectivity index (χ1) is 5.96. The van der Waals surface area contributed by atoms with Crippen LogP contribution >= 0.6 is 0 Å². The fourth-order valence-corrected chi connectivity index (χ4v) is 2.09. The predicted octanol–water partition coefficient (Wildman–Crippen LogP) is 1.76. The van der Waals surface area contributed by atoms with Gasteiger partial charge < -0.3 is 5.73 Å². The molecular formula is C11H22N2. The van der Waals surface area contributed by atoms with Crippen LogP contribution in [0.15, 0.2) is 12.2 Å². The summed E-state index contributed by atoms with van der Waals surface area (Å²) in [4.78, 5) is 2.48. The molecule has 76 valence electrons. The first-order valence-corrected chi connectivity index (χ1v) is 5.12. The highest BCUT2D eigenvalue weighted by Gasteiger charge is 2.34. The van der Waals surface area contributed by atoms with Crippen LogP contribution in [0.3, 0.4) is 0 Å². The number of likely N-dealkylation sites (tertiary alicyclic amines) is 1. The van der Waals surface area contributed by atoms with Gasteiger partial charge in [-0.05, 0) is 46.7 Å². The molecule has 1 rings (SSSR count). The Morgan fingerprint density at radius 2 is 1.85 bits per heavy atom. The van der Waals surface area contributed by atoms with E-state index < -0.39 is 0 Å². The first kappa shape index (κ1) is 10.7. The second kappa shape index (κ2) is 3.81. The van der Waals surface area contributed by atoms with Gasteiger partial charge in [-0.2, -0.15) is 0 Å². The van der Waals surface area contributed by atoms with Gasteiger partial charge in [-0.1, -0.05) is 12.2 Å². The number of rotatable bonds is 3. The monoisotopic (exact) mass is 182 g/mol. The lowest BCUT2D eigenvalue weighted by Crippen LogP contribution is -2.55. The Hall–Kier alpha value is -0.340. The molecule has 0 aliphatic carbocycles. The van der Waals surface area contributed by atoms with E-state index >= 15 is 0 Å². The van der Waals surface area contributed by atoms with Gasteiger partial charge in [0, 0.05) is 11.6 Å². The van der Waals surface area contributed by atoms with E-state index in [1.165, 1.54) is 25.9 Å². The summed E-state index contributed by atoms with van der Waals surface area (Å²) in [5, 5.41) is 0. The standard InChI is InChI=1S/C11H22N2/c1-9(2)10(12)11(3,4)13-7-5-6-8-13/h10H,1,5-8,12H2,2-4H3. The maximum Gasteiger partial charge on any atom is 0.0430 e. The Bertz CT molecular complexity index is 190. The average Bonchev–Trinajstić information content (AvgIpc) is 2.54. The SMILES string of the molecule is C=C(C)C(N)C(C)(C)N1CCCC1. The molecule has 0 spiro atoms. The van der Waals surface area contributed by atoms with Crippen LogP contribution in [0.2, 0.25) is 0 Å². The van der Waals surface area contributed by atoms with E-state index in [0.717, 1.165) is 5.57 Å². The Morgan fingerprint density at radius 3 is 2.23 bits per heavy atom. The topological polar surface area (TPSA) is 29.3 Å². The minimum absolute atomic E-state index is 0.0718. The van der Waals surface area contributed by atoms with E-state index in [4.69, 9.17) is 5.73 Å². The van der Waals surface area contributed by atoms with Gasteiger partial charge in [-0.25, -0.2) is 0 Å². The lowest BCUT2D eigenvalue weighted by atomic mass is 9.89. The maximum atomic E-state index is 6.13. The molecule has 0 bridgehead atoms. The highest BCUT2D eigenvalue weighted by molar-refractivity contribution is 5.11. The summed E-state index contributed by atoms with van der Waals surface area (Å²) >= 11 is 0. The van der Waals surface area contributed by atoms with E-state index in [-0.39, 0.29) is 11.6 Å². The van der Waals surface area contributed by atoms with Crippen LogP contribution in [-0.2, 0) is 0 Å². The van der Waals surface area contributed by atoms with Crippen molar-refractivity contribution in [1.82, 2.24) is 4.90 Å². The zero-order valence-corrected chi connectivity index (χ0v) is 9.14. The van der Waals surface area contributed by atoms with E-state index in [1.807, 2.05) is 6.92 Å². The second-order valence-corrected chi connectivity index (χ2v) is 4.67. The fourth-order valence-electron chi connectivity index (χ4n) is 2.09. The normalized spacial score (nSPS) is 21.8. The second-order valence-electron chi connectivity index (χ2n) is 4.67. The molecule has 1 fully saturated rings. The summed E-state index contributed by atoms with van der Waals surface area (Å²) in [6.45, 7) is 12.8. The molecule has 1 aliphatic rings. The van der Waals surface area contributed by atoms with Crippen molar-refractivity contribution >= 4 is 0 Å². The molecule has 2 heteroatoms. The quantitative estimate of drug-likeness (QED) is 0.674. The van der Waals surface area contributed by atoms with Crippen molar-refractivity contribution in [3.05, 3.63) is 12.2 Å². The summed E-state index contributed by atoms with van der Waals surface area (Å²) in [7, 11) is 0. The minimum atomic E-state index is 0.0718. The Balaban J connectivity index is 2.67. The van der Waals surface area contributed by atoms with Crippen LogP contribution < -0.4 is 5.73 Å². The van der Waals surface area contributed by atoms with Crippen molar-refractivity contribution in [3.63, 3.8) is 0 Å². The van der Waals surface area contributed by atoms with E-state index in [0.29, 0.717) is 0 Å². The zero-order valence-electron chi connectivity index (χ0n) is 9.14. The van der Waals surface area contributed by atoms with Gasteiger partial charge in [0.2, 0.25) is 0 Å². The van der Waals surface area contributed by atoms with Crippen molar-refractivity contribution < 1.29 is 0 Å². The summed E-state index contributed by atoms with van der Waals surface area (Å²) < 4.78 is 0. The van der Waals surface area contributed by atoms with Gasteiger partial charge in [0.15, 0.2) is 0 Å². The summed E-state index contributed by atoms with van der Waals surface area (Å²) in [5.74, 6) is 0. The van der Waals surface area contributed by atoms with Crippen LogP contribution in [0.5, 0.6) is 0 Å². The Morgan fingerprint density at radius 1 is 1.38 bits per heavy atom. The third-order valence-electron chi connectivity index (χ3n) is 3.21. The molecule has 0 aromatic carbocycles. The Labute approximate surface area is 81.8 Å². The third kappa shape index (κ3) is 2.12. The molecule has 0 radical (unpaired) electrons. The van der Waals surface area contributed by atoms with Crippen molar-refractivity contribution in [2.75, 3.05) is 13.1 Å². The van der Waals surface area contributed by atoms with Crippen LogP contribution in [0.1, 0.15) is 33.6 Å². The predicted molar refractivity (Wildman–Crippen MR) is 57.7 cm³/mol. The van der Waals surface area contributed by atoms with Gasteiger partial charge in [0.1, 0.15) is 0 Å². The van der Waals surface area contributed by atoms with Crippen LogP contribution in [0.25, 0.3) is 0 Å². The van der Waals surface area contributed by atoms with Gasteiger partial charge in [0.25, 0.3) is 0 Å². The molecule has 0 aromatic heterocycles. The number of nitrogens with zero attached hydrogens (tertiary/aromatic N) is 1. The molecule has 1 saturated heterocycles. The van der Waals surface area contributed by atoms with E-state index in [2.05, 4.69) is 25.3 Å². The van der Waals surface area contributed by atoms with E-state index in [9.17, 15) is 0 Å². The van der Waals surface area contributed by atoms with Gasteiger partial charge in [-0.3, -0.25) is 4.90 Å². The molecule has 0 amide bonds. The minimum Gasteiger partial charge on any atom is -0.323 e. The molecule has 0 saturated carbocycles. The van der Waals surface area contributed by atoms with Crippen molar-refractivity contribution in [2.24, 2.45) is 5.73 Å². The smallest absolute Gasteiger partial charge is 0.0430 e. The molecule has 0 aromatic rings. The van der Waals surface area contributed by atoms with Gasteiger partial charge >= 0.3 is 0 Å². The molecule has 1 unspecified atom stereocenters. The highest BCUT2D eigenvalue weighted by atomic mass is 15.2. The number of hydrogen-bond donors (Lipinski definition) is 1. The molecule has 1 atom stereocenters. The lowest BCUT2D eigenvalue weighted by molar-refractivity contribution is 0.136. The third-order valence-corrected chi connectivity index (χ3v) is 3.21. The molecule has 13 heavy (non-hydrogen) atoms. The Kier molecular flexibility index (Phi) is 3.14. The molecule has 1 aliphatic heterocycles. The zero-order chi connectivity index (χ0) is 10.1. The summed E-state index contributed by atoms with van der Waals surface area (Å²) in [6, 6.07) is 0.0885. The number of nitrogens with two attached hydrogens (primary N) is 1. The lowest BCUT2D eigenvalue weighted by Gasteiger charge is -2.40. The van der Waals surface area contributed by atoms with Gasteiger partial charge in [-0.15, -0.1) is 0 Å². The first-order valence-electron chi connectivity index (χ1n) is 5.12. The van der Waals surface area contributed by atoms with Gasteiger partial charge in [0.05, 0.1) is 0 Å². The maximum absolute atomic E-state index is 6.13. The largest absolute Gasteiger partial charge is 0.323 e. The highest BCUT2D eigenvalue weighted by Crippen LogP contribution is 2.25. The number of hydrogen-bond acceptors (Lipinski definition) is 2. The molecule has 2 N–H and O–H groups in total. The molecular weight excluding hydrogens is 160 g/mol. The van der Waals surface area contributed by atoms with Crippen LogP contribution in [-0.4, -0.2) is 29.6 Å². The van der Waals surface area contributed by atoms with Crippen molar-refractivity contribution in [1.29, 1.82) is 0 Å². The van der Waals surface area contributed by atoms with Crippen molar-refractivity contribution in [2.45, 2.75) is 45.2 Å². The fraction of sp³-hybridized carbons (Fsp3) is 0.818. The summed E-state index contributed by atoms with van der Waals surface area (Å²) in [5.41, 5.74) is 7.29. The van der Waals surface area contributed by atoms with Crippen LogP contribution in [0, 0.1) is 0 Å². The van der Waals surface area contributed by atoms with Crippen molar-refractivity contribution in [3.8, 4) is 0 Å². The summed E-state index contributed by atoms with van der Waals surface area (Å²) in [6.07, 6.45) is 2.62.